The van der Waals surface area contributed by atoms with E-state index in [1.165, 1.54) is 0 Å². The van der Waals surface area contributed by atoms with Crippen LogP contribution in [0, 0.1) is 5.41 Å². The van der Waals surface area contributed by atoms with Crippen LogP contribution in [0.4, 0.5) is 0 Å². The summed E-state index contributed by atoms with van der Waals surface area (Å²) >= 11 is 0. The Morgan fingerprint density at radius 1 is 1.37 bits per heavy atom. The van der Waals surface area contributed by atoms with Crippen LogP contribution in [0.15, 0.2) is 24.3 Å². The summed E-state index contributed by atoms with van der Waals surface area (Å²) in [6.45, 7) is 0.384. The van der Waals surface area contributed by atoms with Crippen molar-refractivity contribution in [3.8, 4) is 5.75 Å². The number of carboxylic acid groups (broad SMARTS) is 2. The second-order valence-electron chi connectivity index (χ2n) is 6.21. The van der Waals surface area contributed by atoms with Gasteiger partial charge in [-0.05, 0) is 18.6 Å². The zero-order chi connectivity index (χ0) is 20.0. The van der Waals surface area contributed by atoms with Crippen LogP contribution in [-0.4, -0.2) is 58.6 Å². The van der Waals surface area contributed by atoms with Gasteiger partial charge in [-0.1, -0.05) is 12.1 Å². The molecule has 10 nitrogen and oxygen atoms in total. The van der Waals surface area contributed by atoms with Crippen LogP contribution in [0.3, 0.4) is 0 Å². The quantitative estimate of drug-likeness (QED) is 0.246. The molecule has 0 spiro atoms. The predicted molar refractivity (Wildman–Crippen MR) is 94.7 cm³/mol. The minimum atomic E-state index is -1.28. The lowest BCUT2D eigenvalue weighted by Crippen LogP contribution is -2.48. The number of hydrogen-bond donors (Lipinski definition) is 6. The fourth-order valence-electron chi connectivity index (χ4n) is 2.72. The minimum absolute atomic E-state index is 0.0803. The van der Waals surface area contributed by atoms with E-state index in [2.05, 4.69) is 10.6 Å². The number of ether oxygens (including phenoxy) is 1. The van der Waals surface area contributed by atoms with E-state index in [1.807, 2.05) is 0 Å². The first-order valence-electron chi connectivity index (χ1n) is 8.35. The van der Waals surface area contributed by atoms with Gasteiger partial charge >= 0.3 is 11.9 Å². The number of amides is 1. The summed E-state index contributed by atoms with van der Waals surface area (Å²) < 4.78 is 5.79. The third-order valence-electron chi connectivity index (χ3n) is 4.12. The number of carbonyl (C=O) groups excluding carboxylic acids is 1. The predicted octanol–water partition coefficient (Wildman–Crippen LogP) is -0.486. The van der Waals surface area contributed by atoms with E-state index in [-0.39, 0.29) is 24.8 Å². The molecule has 1 amide bonds. The molecule has 2 rings (SSSR count). The van der Waals surface area contributed by atoms with Crippen LogP contribution in [0.25, 0.3) is 0 Å². The number of nitrogens with one attached hydrogen (secondary N) is 3. The molecule has 1 aromatic carbocycles. The van der Waals surface area contributed by atoms with Gasteiger partial charge in [-0.3, -0.25) is 15.0 Å². The van der Waals surface area contributed by atoms with Gasteiger partial charge < -0.3 is 31.3 Å². The largest absolute Gasteiger partial charge is 0.489 e. The molecule has 0 radical (unpaired) electrons. The summed E-state index contributed by atoms with van der Waals surface area (Å²) in [6, 6.07) is 4.83. The van der Waals surface area contributed by atoms with Crippen molar-refractivity contribution in [3.05, 3.63) is 29.8 Å². The molecule has 0 saturated carbocycles. The molecule has 0 aromatic heterocycles. The average Bonchev–Trinajstić information content (AvgIpc) is 3.06. The molecule has 3 atom stereocenters. The third-order valence-corrected chi connectivity index (χ3v) is 4.12. The molecule has 1 heterocycles. The van der Waals surface area contributed by atoms with Gasteiger partial charge in [0.25, 0.3) is 0 Å². The monoisotopic (exact) mass is 378 g/mol. The fraction of sp³-hybridized carbons (Fsp3) is 0.412. The van der Waals surface area contributed by atoms with Crippen molar-refractivity contribution in [1.82, 2.24) is 10.6 Å². The Kier molecular flexibility index (Phi) is 6.72. The number of aliphatic carboxylic acids is 2. The van der Waals surface area contributed by atoms with Crippen molar-refractivity contribution >= 4 is 23.7 Å². The molecule has 7 N–H and O–H groups in total. The highest BCUT2D eigenvalue weighted by Gasteiger charge is 2.33. The van der Waals surface area contributed by atoms with Crippen molar-refractivity contribution in [3.63, 3.8) is 0 Å². The number of carbonyl (C=O) groups is 3. The molecular weight excluding hydrogens is 356 g/mol. The lowest BCUT2D eigenvalue weighted by Gasteiger charge is -2.17. The number of hydrogen-bond acceptors (Lipinski definition) is 6. The second kappa shape index (κ2) is 8.99. The standard InChI is InChI=1S/C17H22N4O6/c18-15(19)9-2-1-3-10(6-9)27-11-7-13(20-8-11)16(24)21-12(17(25)26)4-5-14(22)23/h1-3,6,11-13,20H,4-5,7-8H2,(H3,18,19)(H,21,24)(H,22,23)(H,25,26)/t11-,12+,13+/m1/s1. The van der Waals surface area contributed by atoms with Gasteiger partial charge in [0.2, 0.25) is 5.91 Å². The third kappa shape index (κ3) is 5.96. The zero-order valence-corrected chi connectivity index (χ0v) is 14.5. The van der Waals surface area contributed by atoms with Crippen molar-refractivity contribution in [1.29, 1.82) is 5.41 Å². The SMILES string of the molecule is N=C(N)c1cccc(O[C@H]2CN[C@H](C(=O)N[C@@H](CCC(=O)O)C(=O)O)C2)c1. The molecule has 1 aromatic rings. The van der Waals surface area contributed by atoms with Crippen LogP contribution >= 0.6 is 0 Å². The van der Waals surface area contributed by atoms with E-state index < -0.39 is 29.9 Å². The number of nitrogen functional groups attached to an aromatic ring is 1. The number of amidine groups is 1. The van der Waals surface area contributed by atoms with Crippen LogP contribution in [-0.2, 0) is 14.4 Å². The molecular formula is C17H22N4O6. The molecule has 0 bridgehead atoms. The first-order valence-corrected chi connectivity index (χ1v) is 8.35. The maximum atomic E-state index is 12.3. The van der Waals surface area contributed by atoms with Crippen molar-refractivity contribution < 1.29 is 29.3 Å². The Balaban J connectivity index is 1.89. The first kappa shape index (κ1) is 20.2. The van der Waals surface area contributed by atoms with Gasteiger partial charge in [0.15, 0.2) is 0 Å². The Hall–Kier alpha value is -3.14. The van der Waals surface area contributed by atoms with E-state index >= 15 is 0 Å². The van der Waals surface area contributed by atoms with Gasteiger partial charge in [-0.25, -0.2) is 4.79 Å². The summed E-state index contributed by atoms with van der Waals surface area (Å²) in [6.07, 6.45) is -0.541. The molecule has 0 unspecified atom stereocenters. The van der Waals surface area contributed by atoms with E-state index in [0.717, 1.165) is 0 Å². The molecule has 1 saturated heterocycles. The van der Waals surface area contributed by atoms with E-state index in [4.69, 9.17) is 26.1 Å². The maximum absolute atomic E-state index is 12.3. The van der Waals surface area contributed by atoms with Crippen molar-refractivity contribution in [2.75, 3.05) is 6.54 Å². The summed E-state index contributed by atoms with van der Waals surface area (Å²) in [7, 11) is 0. The fourth-order valence-corrected chi connectivity index (χ4v) is 2.72. The molecule has 1 aliphatic heterocycles. The topological polar surface area (TPSA) is 175 Å². The van der Waals surface area contributed by atoms with E-state index in [1.54, 1.807) is 24.3 Å². The Morgan fingerprint density at radius 3 is 2.74 bits per heavy atom. The Labute approximate surface area is 155 Å². The van der Waals surface area contributed by atoms with Crippen LogP contribution in [0.1, 0.15) is 24.8 Å². The van der Waals surface area contributed by atoms with Gasteiger partial charge in [-0.2, -0.15) is 0 Å². The van der Waals surface area contributed by atoms with E-state index in [9.17, 15) is 14.4 Å². The number of benzene rings is 1. The minimum Gasteiger partial charge on any atom is -0.489 e. The summed E-state index contributed by atoms with van der Waals surface area (Å²) in [5, 5.41) is 30.5. The van der Waals surface area contributed by atoms with Crippen molar-refractivity contribution in [2.45, 2.75) is 37.5 Å². The zero-order valence-electron chi connectivity index (χ0n) is 14.5. The van der Waals surface area contributed by atoms with Gasteiger partial charge in [0, 0.05) is 24.9 Å². The smallest absolute Gasteiger partial charge is 0.326 e. The first-order chi connectivity index (χ1) is 12.8. The summed E-state index contributed by atoms with van der Waals surface area (Å²) in [4.78, 5) is 34.0. The number of nitrogens with two attached hydrogens (primary N) is 1. The second-order valence-corrected chi connectivity index (χ2v) is 6.21. The van der Waals surface area contributed by atoms with E-state index in [0.29, 0.717) is 24.3 Å². The Bertz CT molecular complexity index is 738. The normalized spacial score (nSPS) is 19.9. The van der Waals surface area contributed by atoms with Crippen LogP contribution in [0.5, 0.6) is 5.75 Å². The van der Waals surface area contributed by atoms with Gasteiger partial charge in [0.1, 0.15) is 23.7 Å². The molecule has 27 heavy (non-hydrogen) atoms. The van der Waals surface area contributed by atoms with Crippen LogP contribution in [0.2, 0.25) is 0 Å². The Morgan fingerprint density at radius 2 is 2.11 bits per heavy atom. The average molecular weight is 378 g/mol. The molecule has 1 aliphatic rings. The number of carboxylic acids is 2. The summed E-state index contributed by atoms with van der Waals surface area (Å²) in [5.41, 5.74) is 5.97. The van der Waals surface area contributed by atoms with Crippen LogP contribution < -0.4 is 21.1 Å². The van der Waals surface area contributed by atoms with Gasteiger partial charge in [0.05, 0.1) is 6.04 Å². The number of rotatable bonds is 9. The summed E-state index contributed by atoms with van der Waals surface area (Å²) in [5.74, 6) is -2.49. The molecule has 1 fully saturated rings. The highest BCUT2D eigenvalue weighted by molar-refractivity contribution is 5.95. The highest BCUT2D eigenvalue weighted by Crippen LogP contribution is 2.19. The lowest BCUT2D eigenvalue weighted by atomic mass is 10.1. The molecule has 0 aliphatic carbocycles. The van der Waals surface area contributed by atoms with Gasteiger partial charge in [-0.15, -0.1) is 0 Å². The highest BCUT2D eigenvalue weighted by atomic mass is 16.5. The molecule has 146 valence electrons. The molecule has 10 heteroatoms. The van der Waals surface area contributed by atoms with Crippen molar-refractivity contribution in [2.24, 2.45) is 5.73 Å². The lowest BCUT2D eigenvalue weighted by molar-refractivity contribution is -0.143. The maximum Gasteiger partial charge on any atom is 0.326 e.